The number of hydrogen-bond donors (Lipinski definition) is 1. The molecule has 0 saturated heterocycles. The van der Waals surface area contributed by atoms with Gasteiger partial charge in [-0.25, -0.2) is 4.98 Å². The van der Waals surface area contributed by atoms with E-state index in [1.54, 1.807) is 0 Å². The molecule has 0 radical (unpaired) electrons. The fourth-order valence-corrected chi connectivity index (χ4v) is 1.10. The second-order valence-corrected chi connectivity index (χ2v) is 4.46. The van der Waals surface area contributed by atoms with Gasteiger partial charge in [-0.2, -0.15) is 0 Å². The first-order valence-corrected chi connectivity index (χ1v) is 5.27. The van der Waals surface area contributed by atoms with Crippen LogP contribution in [0.1, 0.15) is 39.1 Å². The molecule has 0 unspecified atom stereocenters. The SMILES string of the molecule is CCOCc1ocnc1CNC(C)(C)C. The highest BCUT2D eigenvalue weighted by Gasteiger charge is 2.13. The van der Waals surface area contributed by atoms with Crippen LogP contribution in [0, 0.1) is 0 Å². The third-order valence-corrected chi connectivity index (χ3v) is 1.95. The van der Waals surface area contributed by atoms with E-state index in [0.29, 0.717) is 19.8 Å². The lowest BCUT2D eigenvalue weighted by atomic mass is 10.1. The molecule has 0 atom stereocenters. The molecule has 0 fully saturated rings. The van der Waals surface area contributed by atoms with Crippen molar-refractivity contribution in [3.8, 4) is 0 Å². The van der Waals surface area contributed by atoms with Crippen molar-refractivity contribution in [1.29, 1.82) is 0 Å². The Balaban J connectivity index is 2.50. The van der Waals surface area contributed by atoms with Gasteiger partial charge in [-0.15, -0.1) is 0 Å². The highest BCUT2D eigenvalue weighted by Crippen LogP contribution is 2.10. The van der Waals surface area contributed by atoms with Crippen LogP contribution in [-0.2, 0) is 17.9 Å². The Kier molecular flexibility index (Phi) is 4.29. The van der Waals surface area contributed by atoms with Crippen molar-refractivity contribution < 1.29 is 9.15 Å². The molecule has 0 spiro atoms. The second kappa shape index (κ2) is 5.28. The molecule has 15 heavy (non-hydrogen) atoms. The zero-order valence-electron chi connectivity index (χ0n) is 9.96. The molecular formula is C11H20N2O2. The summed E-state index contributed by atoms with van der Waals surface area (Å²) in [4.78, 5) is 4.16. The molecule has 0 aliphatic carbocycles. The first-order valence-electron chi connectivity index (χ1n) is 5.27. The van der Waals surface area contributed by atoms with E-state index in [1.165, 1.54) is 6.39 Å². The Labute approximate surface area is 91.0 Å². The number of rotatable bonds is 5. The first-order chi connectivity index (χ1) is 7.03. The van der Waals surface area contributed by atoms with Crippen molar-refractivity contribution in [2.75, 3.05) is 6.61 Å². The molecule has 0 aliphatic heterocycles. The van der Waals surface area contributed by atoms with Crippen molar-refractivity contribution in [3.63, 3.8) is 0 Å². The van der Waals surface area contributed by atoms with Gasteiger partial charge in [0.05, 0.1) is 5.69 Å². The fourth-order valence-electron chi connectivity index (χ4n) is 1.10. The zero-order chi connectivity index (χ0) is 11.3. The summed E-state index contributed by atoms with van der Waals surface area (Å²) < 4.78 is 10.5. The molecule has 1 aromatic rings. The standard InChI is InChI=1S/C11H20N2O2/c1-5-14-7-10-9(12-8-15-10)6-13-11(2,3)4/h8,13H,5-7H2,1-4H3. The third kappa shape index (κ3) is 4.44. The van der Waals surface area contributed by atoms with E-state index in [-0.39, 0.29) is 5.54 Å². The van der Waals surface area contributed by atoms with Crippen LogP contribution in [0.2, 0.25) is 0 Å². The molecule has 1 heterocycles. The number of hydrogen-bond acceptors (Lipinski definition) is 4. The first kappa shape index (κ1) is 12.2. The topological polar surface area (TPSA) is 47.3 Å². The van der Waals surface area contributed by atoms with Gasteiger partial charge in [0, 0.05) is 18.7 Å². The van der Waals surface area contributed by atoms with E-state index >= 15 is 0 Å². The Bertz CT molecular complexity index is 289. The molecule has 1 N–H and O–H groups in total. The monoisotopic (exact) mass is 212 g/mol. The largest absolute Gasteiger partial charge is 0.446 e. The summed E-state index contributed by atoms with van der Waals surface area (Å²) >= 11 is 0. The highest BCUT2D eigenvalue weighted by molar-refractivity contribution is 5.06. The average molecular weight is 212 g/mol. The molecule has 1 aromatic heterocycles. The van der Waals surface area contributed by atoms with E-state index in [9.17, 15) is 0 Å². The maximum Gasteiger partial charge on any atom is 0.181 e. The van der Waals surface area contributed by atoms with Crippen LogP contribution in [0.5, 0.6) is 0 Å². The maximum absolute atomic E-state index is 5.29. The normalized spacial score (nSPS) is 12.0. The molecule has 4 heteroatoms. The van der Waals surface area contributed by atoms with Crippen molar-refractivity contribution in [1.82, 2.24) is 10.3 Å². The number of nitrogens with zero attached hydrogens (tertiary/aromatic N) is 1. The summed E-state index contributed by atoms with van der Waals surface area (Å²) in [6.45, 7) is 10.2. The minimum atomic E-state index is 0.0852. The van der Waals surface area contributed by atoms with E-state index in [0.717, 1.165) is 11.5 Å². The quantitative estimate of drug-likeness (QED) is 0.812. The lowest BCUT2D eigenvalue weighted by molar-refractivity contribution is 0.117. The van der Waals surface area contributed by atoms with Crippen LogP contribution < -0.4 is 5.32 Å². The van der Waals surface area contributed by atoms with Crippen LogP contribution >= 0.6 is 0 Å². The molecule has 0 amide bonds. The summed E-state index contributed by atoms with van der Waals surface area (Å²) in [7, 11) is 0. The van der Waals surface area contributed by atoms with Crippen LogP contribution in [0.4, 0.5) is 0 Å². The Hall–Kier alpha value is -0.870. The van der Waals surface area contributed by atoms with E-state index in [2.05, 4.69) is 31.1 Å². The second-order valence-electron chi connectivity index (χ2n) is 4.46. The van der Waals surface area contributed by atoms with Crippen LogP contribution in [0.25, 0.3) is 0 Å². The minimum absolute atomic E-state index is 0.0852. The molecule has 0 aromatic carbocycles. The zero-order valence-corrected chi connectivity index (χ0v) is 9.96. The summed E-state index contributed by atoms with van der Waals surface area (Å²) in [5.74, 6) is 0.814. The van der Waals surface area contributed by atoms with Gasteiger partial charge in [-0.1, -0.05) is 0 Å². The van der Waals surface area contributed by atoms with Gasteiger partial charge in [0.25, 0.3) is 0 Å². The molecule has 0 bridgehead atoms. The Morgan fingerprint density at radius 1 is 1.47 bits per heavy atom. The summed E-state index contributed by atoms with van der Waals surface area (Å²) in [6, 6.07) is 0. The lowest BCUT2D eigenvalue weighted by Crippen LogP contribution is -2.35. The van der Waals surface area contributed by atoms with Crippen molar-refractivity contribution in [2.24, 2.45) is 0 Å². The number of oxazole rings is 1. The van der Waals surface area contributed by atoms with E-state index in [4.69, 9.17) is 9.15 Å². The highest BCUT2D eigenvalue weighted by atomic mass is 16.5. The van der Waals surface area contributed by atoms with Gasteiger partial charge in [0.1, 0.15) is 6.61 Å². The molecule has 1 rings (SSSR count). The number of nitrogens with one attached hydrogen (secondary N) is 1. The predicted molar refractivity (Wildman–Crippen MR) is 58.4 cm³/mol. The van der Waals surface area contributed by atoms with Crippen LogP contribution in [0.3, 0.4) is 0 Å². The molecule has 0 saturated carbocycles. The third-order valence-electron chi connectivity index (χ3n) is 1.95. The number of ether oxygens (including phenoxy) is 1. The molecule has 0 aliphatic rings. The van der Waals surface area contributed by atoms with E-state index in [1.807, 2.05) is 6.92 Å². The molecule has 4 nitrogen and oxygen atoms in total. The Morgan fingerprint density at radius 3 is 2.80 bits per heavy atom. The van der Waals surface area contributed by atoms with Crippen molar-refractivity contribution >= 4 is 0 Å². The Morgan fingerprint density at radius 2 is 2.20 bits per heavy atom. The van der Waals surface area contributed by atoms with E-state index < -0.39 is 0 Å². The number of aromatic nitrogens is 1. The fraction of sp³-hybridized carbons (Fsp3) is 0.727. The van der Waals surface area contributed by atoms with Gasteiger partial charge >= 0.3 is 0 Å². The summed E-state index contributed by atoms with van der Waals surface area (Å²) in [5.41, 5.74) is 1.01. The van der Waals surface area contributed by atoms with Gasteiger partial charge in [0.15, 0.2) is 12.2 Å². The van der Waals surface area contributed by atoms with Gasteiger partial charge < -0.3 is 14.5 Å². The van der Waals surface area contributed by atoms with Crippen molar-refractivity contribution in [3.05, 3.63) is 17.8 Å². The maximum atomic E-state index is 5.29. The average Bonchev–Trinajstić information content (AvgIpc) is 2.57. The van der Waals surface area contributed by atoms with Gasteiger partial charge in [-0.3, -0.25) is 0 Å². The lowest BCUT2D eigenvalue weighted by Gasteiger charge is -2.19. The van der Waals surface area contributed by atoms with Gasteiger partial charge in [-0.05, 0) is 27.7 Å². The minimum Gasteiger partial charge on any atom is -0.446 e. The molecular weight excluding hydrogens is 192 g/mol. The smallest absolute Gasteiger partial charge is 0.181 e. The van der Waals surface area contributed by atoms with Crippen molar-refractivity contribution in [2.45, 2.75) is 46.4 Å². The predicted octanol–water partition coefficient (Wildman–Crippen LogP) is 2.10. The molecule has 86 valence electrons. The summed E-state index contributed by atoms with van der Waals surface area (Å²) in [5, 5.41) is 3.36. The van der Waals surface area contributed by atoms with Gasteiger partial charge in [0.2, 0.25) is 0 Å². The van der Waals surface area contributed by atoms with Crippen LogP contribution in [-0.4, -0.2) is 17.1 Å². The summed E-state index contributed by atoms with van der Waals surface area (Å²) in [6.07, 6.45) is 1.47. The van der Waals surface area contributed by atoms with Crippen LogP contribution in [0.15, 0.2) is 10.8 Å².